The van der Waals surface area contributed by atoms with Crippen molar-refractivity contribution in [2.45, 2.75) is 39.2 Å². The third-order valence-corrected chi connectivity index (χ3v) is 4.03. The van der Waals surface area contributed by atoms with E-state index < -0.39 is 0 Å². The van der Waals surface area contributed by atoms with Crippen LogP contribution in [0.2, 0.25) is 5.02 Å². The minimum Gasteiger partial charge on any atom is -0.390 e. The van der Waals surface area contributed by atoms with Gasteiger partial charge >= 0.3 is 0 Å². The van der Waals surface area contributed by atoms with Crippen LogP contribution in [0.3, 0.4) is 0 Å². The largest absolute Gasteiger partial charge is 0.390 e. The van der Waals surface area contributed by atoms with Crippen LogP contribution in [0, 0.1) is 5.92 Å². The van der Waals surface area contributed by atoms with E-state index in [1.165, 1.54) is 25.7 Å². The highest BCUT2D eigenvalue weighted by Crippen LogP contribution is 2.26. The van der Waals surface area contributed by atoms with Gasteiger partial charge in [-0.1, -0.05) is 31.4 Å². The second-order valence-corrected chi connectivity index (χ2v) is 5.38. The van der Waals surface area contributed by atoms with Gasteiger partial charge < -0.3 is 10.0 Å². The average molecular weight is 269 g/mol. The average Bonchev–Trinajstić information content (AvgIpc) is 2.41. The molecule has 18 heavy (non-hydrogen) atoms. The molecule has 1 fully saturated rings. The maximum atomic E-state index is 9.19. The van der Waals surface area contributed by atoms with Gasteiger partial charge in [0.25, 0.3) is 0 Å². The zero-order chi connectivity index (χ0) is 13.0. The van der Waals surface area contributed by atoms with Gasteiger partial charge in [0.2, 0.25) is 0 Å². The Bertz CT molecular complexity index is 389. The van der Waals surface area contributed by atoms with Crippen molar-refractivity contribution >= 4 is 17.4 Å². The Labute approximate surface area is 114 Å². The van der Waals surface area contributed by atoms with Crippen LogP contribution in [0.15, 0.2) is 12.1 Å². The number of aliphatic hydroxyl groups excluding tert-OH is 1. The minimum atomic E-state index is -0.0982. The van der Waals surface area contributed by atoms with Crippen LogP contribution in [0.5, 0.6) is 0 Å². The number of anilines is 1. The van der Waals surface area contributed by atoms with Crippen LogP contribution in [0.25, 0.3) is 0 Å². The zero-order valence-electron chi connectivity index (χ0n) is 10.9. The van der Waals surface area contributed by atoms with Crippen LogP contribution < -0.4 is 4.90 Å². The number of piperidine rings is 1. The van der Waals surface area contributed by atoms with Crippen molar-refractivity contribution in [3.8, 4) is 0 Å². The second-order valence-electron chi connectivity index (χ2n) is 4.98. The topological polar surface area (TPSA) is 36.4 Å². The molecule has 0 aliphatic carbocycles. The molecule has 0 saturated carbocycles. The standard InChI is InChI=1S/C14H21ClN2O/c1-2-3-11-6-8-17(9-7-11)14-5-4-12(15)13(10-18)16-14/h4-5,11,18H,2-3,6-10H2,1H3. The number of rotatable bonds is 4. The molecule has 2 heterocycles. The van der Waals surface area contributed by atoms with Gasteiger partial charge in [0.1, 0.15) is 5.82 Å². The van der Waals surface area contributed by atoms with Crippen molar-refractivity contribution in [1.82, 2.24) is 4.98 Å². The Hall–Kier alpha value is -0.800. The molecule has 1 aromatic heterocycles. The number of nitrogens with zero attached hydrogens (tertiary/aromatic N) is 2. The molecular weight excluding hydrogens is 248 g/mol. The molecule has 0 spiro atoms. The molecule has 1 saturated heterocycles. The monoisotopic (exact) mass is 268 g/mol. The van der Waals surface area contributed by atoms with Crippen molar-refractivity contribution in [3.63, 3.8) is 0 Å². The number of aromatic nitrogens is 1. The Balaban J connectivity index is 2.01. The van der Waals surface area contributed by atoms with Gasteiger partial charge in [0.05, 0.1) is 17.3 Å². The van der Waals surface area contributed by atoms with Crippen molar-refractivity contribution in [2.75, 3.05) is 18.0 Å². The first kappa shape index (κ1) is 13.6. The smallest absolute Gasteiger partial charge is 0.129 e. The number of hydrogen-bond acceptors (Lipinski definition) is 3. The summed E-state index contributed by atoms with van der Waals surface area (Å²) in [4.78, 5) is 6.72. The molecule has 0 bridgehead atoms. The molecule has 1 aromatic rings. The Kier molecular flexibility index (Phi) is 4.84. The predicted molar refractivity (Wildman–Crippen MR) is 75.0 cm³/mol. The van der Waals surface area contributed by atoms with Gasteiger partial charge in [-0.15, -0.1) is 0 Å². The fraction of sp³-hybridized carbons (Fsp3) is 0.643. The van der Waals surface area contributed by atoms with Crippen LogP contribution >= 0.6 is 11.6 Å². The highest BCUT2D eigenvalue weighted by molar-refractivity contribution is 6.31. The Morgan fingerprint density at radius 3 is 2.72 bits per heavy atom. The van der Waals surface area contributed by atoms with Crippen molar-refractivity contribution in [2.24, 2.45) is 5.92 Å². The number of hydrogen-bond donors (Lipinski definition) is 1. The molecule has 1 N–H and O–H groups in total. The fourth-order valence-corrected chi connectivity index (χ4v) is 2.78. The summed E-state index contributed by atoms with van der Waals surface area (Å²) in [5.41, 5.74) is 0.574. The molecule has 1 aliphatic rings. The van der Waals surface area contributed by atoms with E-state index in [0.29, 0.717) is 10.7 Å². The summed E-state index contributed by atoms with van der Waals surface area (Å²) >= 11 is 5.96. The molecule has 1 aliphatic heterocycles. The predicted octanol–water partition coefficient (Wildman–Crippen LogP) is 3.24. The first-order chi connectivity index (χ1) is 8.74. The van der Waals surface area contributed by atoms with E-state index in [1.54, 1.807) is 0 Å². The summed E-state index contributed by atoms with van der Waals surface area (Å²) in [7, 11) is 0. The lowest BCUT2D eigenvalue weighted by Crippen LogP contribution is -2.34. The van der Waals surface area contributed by atoms with Crippen LogP contribution in [0.1, 0.15) is 38.3 Å². The molecule has 4 heteroatoms. The van der Waals surface area contributed by atoms with Gasteiger partial charge in [0, 0.05) is 13.1 Å². The van der Waals surface area contributed by atoms with E-state index in [4.69, 9.17) is 11.6 Å². The molecule has 100 valence electrons. The van der Waals surface area contributed by atoms with Crippen LogP contribution in [-0.2, 0) is 6.61 Å². The van der Waals surface area contributed by atoms with E-state index in [0.717, 1.165) is 24.8 Å². The van der Waals surface area contributed by atoms with E-state index in [1.807, 2.05) is 12.1 Å². The van der Waals surface area contributed by atoms with Gasteiger partial charge in [-0.25, -0.2) is 4.98 Å². The van der Waals surface area contributed by atoms with E-state index >= 15 is 0 Å². The number of pyridine rings is 1. The quantitative estimate of drug-likeness (QED) is 0.911. The summed E-state index contributed by atoms with van der Waals surface area (Å²) in [6.07, 6.45) is 5.10. The number of aliphatic hydroxyl groups is 1. The van der Waals surface area contributed by atoms with Crippen LogP contribution in [-0.4, -0.2) is 23.2 Å². The molecule has 0 atom stereocenters. The van der Waals surface area contributed by atoms with Gasteiger partial charge in [-0.2, -0.15) is 0 Å². The third-order valence-electron chi connectivity index (χ3n) is 3.69. The Morgan fingerprint density at radius 2 is 2.11 bits per heavy atom. The maximum Gasteiger partial charge on any atom is 0.129 e. The lowest BCUT2D eigenvalue weighted by molar-refractivity contribution is 0.277. The summed E-state index contributed by atoms with van der Waals surface area (Å²) in [6.45, 7) is 4.27. The van der Waals surface area contributed by atoms with Gasteiger partial charge in [0.15, 0.2) is 0 Å². The van der Waals surface area contributed by atoms with Crippen molar-refractivity contribution in [3.05, 3.63) is 22.8 Å². The van der Waals surface area contributed by atoms with Crippen molar-refractivity contribution in [1.29, 1.82) is 0 Å². The summed E-state index contributed by atoms with van der Waals surface area (Å²) in [6, 6.07) is 3.77. The molecule has 0 amide bonds. The normalized spacial score (nSPS) is 17.2. The summed E-state index contributed by atoms with van der Waals surface area (Å²) in [5, 5.41) is 9.73. The van der Waals surface area contributed by atoms with Crippen molar-refractivity contribution < 1.29 is 5.11 Å². The highest BCUT2D eigenvalue weighted by atomic mass is 35.5. The molecule has 0 unspecified atom stereocenters. The first-order valence-electron chi connectivity index (χ1n) is 6.75. The second kappa shape index (κ2) is 6.39. The van der Waals surface area contributed by atoms with Crippen LogP contribution in [0.4, 0.5) is 5.82 Å². The summed E-state index contributed by atoms with van der Waals surface area (Å²) < 4.78 is 0. The third kappa shape index (κ3) is 3.15. The summed E-state index contributed by atoms with van der Waals surface area (Å²) in [5.74, 6) is 1.81. The maximum absolute atomic E-state index is 9.19. The van der Waals surface area contributed by atoms with E-state index in [-0.39, 0.29) is 6.61 Å². The Morgan fingerprint density at radius 1 is 1.39 bits per heavy atom. The zero-order valence-corrected chi connectivity index (χ0v) is 11.7. The lowest BCUT2D eigenvalue weighted by Gasteiger charge is -2.33. The SMILES string of the molecule is CCCC1CCN(c2ccc(Cl)c(CO)n2)CC1. The molecule has 0 radical (unpaired) electrons. The molecule has 2 rings (SSSR count). The fourth-order valence-electron chi connectivity index (χ4n) is 2.62. The molecule has 0 aromatic carbocycles. The van der Waals surface area contributed by atoms with Gasteiger partial charge in [-0.05, 0) is 30.9 Å². The molecular formula is C14H21ClN2O. The number of halogens is 1. The van der Waals surface area contributed by atoms with E-state index in [9.17, 15) is 5.11 Å². The van der Waals surface area contributed by atoms with Gasteiger partial charge in [-0.3, -0.25) is 0 Å². The lowest BCUT2D eigenvalue weighted by atomic mass is 9.92. The van der Waals surface area contributed by atoms with E-state index in [2.05, 4.69) is 16.8 Å². The first-order valence-corrected chi connectivity index (χ1v) is 7.13. The highest BCUT2D eigenvalue weighted by Gasteiger charge is 2.19. The minimum absolute atomic E-state index is 0.0982. The molecule has 3 nitrogen and oxygen atoms in total.